The van der Waals surface area contributed by atoms with Crippen LogP contribution in [0.5, 0.6) is 0 Å². The molecule has 1 saturated carbocycles. The van der Waals surface area contributed by atoms with Crippen LogP contribution in [0.2, 0.25) is 0 Å². The number of aromatic nitrogens is 1. The fourth-order valence-corrected chi connectivity index (χ4v) is 3.50. The van der Waals surface area contributed by atoms with E-state index in [1.165, 1.54) is 19.3 Å². The van der Waals surface area contributed by atoms with Crippen LogP contribution >= 0.6 is 11.8 Å². The van der Waals surface area contributed by atoms with Gasteiger partial charge in [-0.3, -0.25) is 0 Å². The molecule has 1 aliphatic rings. The maximum Gasteiger partial charge on any atom is 0.256 e. The standard InChI is InChI=1S/C12H20N2OS/c1-3-9-4-5-10(13)11(6-9)16-12-14-8(2)7-15-12/h7,9-11H,3-6,13H2,1-2H3. The molecule has 1 heterocycles. The van der Waals surface area contributed by atoms with Gasteiger partial charge in [-0.2, -0.15) is 0 Å². The van der Waals surface area contributed by atoms with Crippen molar-refractivity contribution < 1.29 is 4.42 Å². The summed E-state index contributed by atoms with van der Waals surface area (Å²) in [6.45, 7) is 4.21. The molecule has 4 heteroatoms. The molecule has 1 fully saturated rings. The SMILES string of the molecule is CCC1CCC(N)C(Sc2nc(C)co2)C1. The maximum absolute atomic E-state index is 6.16. The predicted octanol–water partition coefficient (Wildman–Crippen LogP) is 2.98. The van der Waals surface area contributed by atoms with E-state index < -0.39 is 0 Å². The lowest BCUT2D eigenvalue weighted by Gasteiger charge is -2.32. The fraction of sp³-hybridized carbons (Fsp3) is 0.750. The number of thioether (sulfide) groups is 1. The van der Waals surface area contributed by atoms with E-state index in [1.807, 2.05) is 6.92 Å². The van der Waals surface area contributed by atoms with Gasteiger partial charge in [0.05, 0.1) is 5.69 Å². The second-order valence-corrected chi connectivity index (χ2v) is 5.85. The molecule has 0 radical (unpaired) electrons. The van der Waals surface area contributed by atoms with Crippen molar-refractivity contribution in [1.29, 1.82) is 0 Å². The number of hydrogen-bond donors (Lipinski definition) is 1. The molecule has 1 aliphatic carbocycles. The predicted molar refractivity (Wildman–Crippen MR) is 66.5 cm³/mol. The Balaban J connectivity index is 1.96. The van der Waals surface area contributed by atoms with Gasteiger partial charge in [-0.1, -0.05) is 25.1 Å². The summed E-state index contributed by atoms with van der Waals surface area (Å²) in [4.78, 5) is 4.33. The van der Waals surface area contributed by atoms with E-state index in [0.29, 0.717) is 11.3 Å². The lowest BCUT2D eigenvalue weighted by molar-refractivity contribution is 0.325. The van der Waals surface area contributed by atoms with Crippen LogP contribution in [-0.2, 0) is 0 Å². The van der Waals surface area contributed by atoms with E-state index in [9.17, 15) is 0 Å². The first-order chi connectivity index (χ1) is 7.69. The first-order valence-corrected chi connectivity index (χ1v) is 6.91. The van der Waals surface area contributed by atoms with Crippen LogP contribution in [0.4, 0.5) is 0 Å². The van der Waals surface area contributed by atoms with Crippen LogP contribution in [0.15, 0.2) is 15.9 Å². The minimum atomic E-state index is 0.292. The summed E-state index contributed by atoms with van der Waals surface area (Å²) in [5.74, 6) is 0.827. The van der Waals surface area contributed by atoms with Crippen molar-refractivity contribution in [3.63, 3.8) is 0 Å². The van der Waals surface area contributed by atoms with Crippen molar-refractivity contribution in [1.82, 2.24) is 4.98 Å². The van der Waals surface area contributed by atoms with Crippen LogP contribution in [0.3, 0.4) is 0 Å². The van der Waals surface area contributed by atoms with Crippen molar-refractivity contribution in [3.8, 4) is 0 Å². The van der Waals surface area contributed by atoms with E-state index >= 15 is 0 Å². The van der Waals surface area contributed by atoms with Gasteiger partial charge in [-0.05, 0) is 32.1 Å². The average molecular weight is 240 g/mol. The monoisotopic (exact) mass is 240 g/mol. The second-order valence-electron chi connectivity index (χ2n) is 4.66. The van der Waals surface area contributed by atoms with E-state index in [4.69, 9.17) is 10.2 Å². The summed E-state index contributed by atoms with van der Waals surface area (Å²) in [5, 5.41) is 1.24. The molecule has 3 nitrogen and oxygen atoms in total. The number of oxazole rings is 1. The van der Waals surface area contributed by atoms with E-state index in [-0.39, 0.29) is 0 Å². The highest BCUT2D eigenvalue weighted by atomic mass is 32.2. The molecule has 3 atom stereocenters. The number of hydrogen-bond acceptors (Lipinski definition) is 4. The normalized spacial score (nSPS) is 30.6. The smallest absolute Gasteiger partial charge is 0.256 e. The van der Waals surface area contributed by atoms with Gasteiger partial charge in [0.1, 0.15) is 6.26 Å². The molecular formula is C12H20N2OS. The Labute approximate surface area is 101 Å². The largest absolute Gasteiger partial charge is 0.440 e. The molecule has 0 spiro atoms. The first-order valence-electron chi connectivity index (χ1n) is 6.03. The quantitative estimate of drug-likeness (QED) is 0.882. The Bertz CT molecular complexity index is 340. The van der Waals surface area contributed by atoms with Crippen molar-refractivity contribution in [2.45, 2.75) is 56.0 Å². The maximum atomic E-state index is 6.16. The third-order valence-electron chi connectivity index (χ3n) is 3.38. The molecule has 0 amide bonds. The third kappa shape index (κ3) is 2.80. The number of aryl methyl sites for hydroxylation is 1. The van der Waals surface area contributed by atoms with Crippen LogP contribution in [-0.4, -0.2) is 16.3 Å². The third-order valence-corrected chi connectivity index (χ3v) is 4.61. The molecule has 3 unspecified atom stereocenters. The van der Waals surface area contributed by atoms with E-state index in [0.717, 1.165) is 23.3 Å². The molecule has 2 N–H and O–H groups in total. The molecule has 2 rings (SSSR count). The lowest BCUT2D eigenvalue weighted by atomic mass is 9.84. The second kappa shape index (κ2) is 5.23. The molecule has 0 aromatic carbocycles. The molecule has 0 saturated heterocycles. The zero-order valence-electron chi connectivity index (χ0n) is 9.98. The Hall–Kier alpha value is -0.480. The van der Waals surface area contributed by atoms with Crippen LogP contribution < -0.4 is 5.73 Å². The minimum Gasteiger partial charge on any atom is -0.440 e. The van der Waals surface area contributed by atoms with E-state index in [1.54, 1.807) is 18.0 Å². The zero-order valence-corrected chi connectivity index (χ0v) is 10.8. The van der Waals surface area contributed by atoms with Gasteiger partial charge in [0.25, 0.3) is 5.22 Å². The molecule has 1 aromatic rings. The Morgan fingerprint density at radius 3 is 3.00 bits per heavy atom. The fourth-order valence-electron chi connectivity index (χ4n) is 2.26. The molecule has 0 aliphatic heterocycles. The Morgan fingerprint density at radius 2 is 2.38 bits per heavy atom. The van der Waals surface area contributed by atoms with Gasteiger partial charge in [0.2, 0.25) is 0 Å². The summed E-state index contributed by atoms with van der Waals surface area (Å²) in [5.41, 5.74) is 7.10. The van der Waals surface area contributed by atoms with Crippen molar-refractivity contribution in [2.24, 2.45) is 11.7 Å². The van der Waals surface area contributed by atoms with Crippen molar-refractivity contribution in [3.05, 3.63) is 12.0 Å². The lowest BCUT2D eigenvalue weighted by Crippen LogP contribution is -2.38. The van der Waals surface area contributed by atoms with Gasteiger partial charge in [-0.15, -0.1) is 0 Å². The van der Waals surface area contributed by atoms with E-state index in [2.05, 4.69) is 11.9 Å². The highest BCUT2D eigenvalue weighted by Gasteiger charge is 2.29. The number of rotatable bonds is 3. The van der Waals surface area contributed by atoms with Gasteiger partial charge in [-0.25, -0.2) is 4.98 Å². The summed E-state index contributed by atoms with van der Waals surface area (Å²) < 4.78 is 5.38. The van der Waals surface area contributed by atoms with Crippen LogP contribution in [0, 0.1) is 12.8 Å². The van der Waals surface area contributed by atoms with Crippen LogP contribution in [0.25, 0.3) is 0 Å². The molecule has 90 valence electrons. The zero-order chi connectivity index (χ0) is 11.5. The number of nitrogens with zero attached hydrogens (tertiary/aromatic N) is 1. The van der Waals surface area contributed by atoms with Crippen molar-refractivity contribution >= 4 is 11.8 Å². The van der Waals surface area contributed by atoms with Crippen LogP contribution in [0.1, 0.15) is 38.3 Å². The Morgan fingerprint density at radius 1 is 1.56 bits per heavy atom. The summed E-state index contributed by atoms with van der Waals surface area (Å²) >= 11 is 1.71. The molecule has 16 heavy (non-hydrogen) atoms. The molecule has 1 aromatic heterocycles. The van der Waals surface area contributed by atoms with Gasteiger partial charge >= 0.3 is 0 Å². The van der Waals surface area contributed by atoms with Gasteiger partial charge < -0.3 is 10.2 Å². The van der Waals surface area contributed by atoms with Gasteiger partial charge in [0.15, 0.2) is 0 Å². The van der Waals surface area contributed by atoms with Gasteiger partial charge in [0, 0.05) is 11.3 Å². The highest BCUT2D eigenvalue weighted by Crippen LogP contribution is 2.36. The Kier molecular flexibility index (Phi) is 3.92. The topological polar surface area (TPSA) is 52.0 Å². The summed E-state index contributed by atoms with van der Waals surface area (Å²) in [6.07, 6.45) is 6.57. The summed E-state index contributed by atoms with van der Waals surface area (Å²) in [6, 6.07) is 0.292. The molecule has 0 bridgehead atoms. The average Bonchev–Trinajstić information content (AvgIpc) is 2.67. The number of nitrogens with two attached hydrogens (primary N) is 1. The highest BCUT2D eigenvalue weighted by molar-refractivity contribution is 7.99. The molecular weight excluding hydrogens is 220 g/mol. The summed E-state index contributed by atoms with van der Waals surface area (Å²) in [7, 11) is 0. The van der Waals surface area contributed by atoms with Crippen molar-refractivity contribution in [2.75, 3.05) is 0 Å². The minimum absolute atomic E-state index is 0.292. The first kappa shape index (κ1) is 12.0.